The van der Waals surface area contributed by atoms with Gasteiger partial charge in [-0.2, -0.15) is 0 Å². The lowest BCUT2D eigenvalue weighted by Crippen LogP contribution is -1.97. The highest BCUT2D eigenvalue weighted by Crippen LogP contribution is 2.26. The topological polar surface area (TPSA) is 17.8 Å². The second-order valence-electron chi connectivity index (χ2n) is 3.67. The summed E-state index contributed by atoms with van der Waals surface area (Å²) in [5, 5.41) is 0. The van der Waals surface area contributed by atoms with Crippen molar-refractivity contribution in [2.24, 2.45) is 7.05 Å². The van der Waals surface area contributed by atoms with Crippen molar-refractivity contribution in [1.82, 2.24) is 9.55 Å². The first-order valence-electron chi connectivity index (χ1n) is 5.26. The Morgan fingerprint density at radius 1 is 1.40 bits per heavy atom. The van der Waals surface area contributed by atoms with Crippen LogP contribution in [0.5, 0.6) is 0 Å². The van der Waals surface area contributed by atoms with Gasteiger partial charge in [-0.1, -0.05) is 13.0 Å². The highest BCUT2D eigenvalue weighted by atomic mass is 32.2. The summed E-state index contributed by atoms with van der Waals surface area (Å²) in [7, 11) is 2.11. The summed E-state index contributed by atoms with van der Waals surface area (Å²) in [6.45, 7) is 2.19. The number of imidazole rings is 1. The van der Waals surface area contributed by atoms with E-state index in [2.05, 4.69) is 48.0 Å². The highest BCUT2D eigenvalue weighted by Gasteiger charge is 2.09. The van der Waals surface area contributed by atoms with Gasteiger partial charge in [0.05, 0.1) is 11.0 Å². The number of nitrogens with zero attached hydrogens (tertiary/aromatic N) is 2. The molecule has 0 aliphatic carbocycles. The van der Waals surface area contributed by atoms with Gasteiger partial charge in [0, 0.05) is 18.4 Å². The molecule has 0 fully saturated rings. The van der Waals surface area contributed by atoms with Crippen LogP contribution in [-0.2, 0) is 13.5 Å². The van der Waals surface area contributed by atoms with Crippen LogP contribution in [0.2, 0.25) is 0 Å². The Hall–Kier alpha value is -0.960. The first-order valence-corrected chi connectivity index (χ1v) is 6.48. The van der Waals surface area contributed by atoms with E-state index >= 15 is 0 Å². The van der Waals surface area contributed by atoms with Gasteiger partial charge in [-0.25, -0.2) is 4.98 Å². The van der Waals surface area contributed by atoms with Gasteiger partial charge in [-0.15, -0.1) is 11.8 Å². The fraction of sp³-hybridized carbons (Fsp3) is 0.417. The van der Waals surface area contributed by atoms with Crippen molar-refractivity contribution in [3.8, 4) is 0 Å². The molecule has 0 radical (unpaired) electrons. The van der Waals surface area contributed by atoms with E-state index in [4.69, 9.17) is 0 Å². The quantitative estimate of drug-likeness (QED) is 0.739. The van der Waals surface area contributed by atoms with E-state index in [1.54, 1.807) is 11.8 Å². The number of para-hydroxylation sites is 1. The molecule has 2 aromatic rings. The molecule has 0 spiro atoms. The van der Waals surface area contributed by atoms with Crippen LogP contribution < -0.4 is 0 Å². The molecule has 80 valence electrons. The van der Waals surface area contributed by atoms with Crippen molar-refractivity contribution >= 4 is 22.8 Å². The van der Waals surface area contributed by atoms with Crippen molar-refractivity contribution < 1.29 is 0 Å². The number of aromatic nitrogens is 2. The standard InChI is InChI=1S/C12H16N2S/c1-4-6-11-13-9-7-5-8-10(15-3)12(9)14(11)2/h5,7-8H,4,6H2,1-3H3. The Bertz CT molecular complexity index is 474. The number of rotatable bonds is 3. The molecule has 0 unspecified atom stereocenters. The maximum atomic E-state index is 4.66. The minimum absolute atomic E-state index is 1.05. The summed E-state index contributed by atoms with van der Waals surface area (Å²) >= 11 is 1.78. The molecule has 0 bridgehead atoms. The van der Waals surface area contributed by atoms with Crippen LogP contribution in [0.15, 0.2) is 23.1 Å². The zero-order valence-electron chi connectivity index (χ0n) is 9.45. The first-order chi connectivity index (χ1) is 7.27. The molecule has 0 atom stereocenters. The van der Waals surface area contributed by atoms with Crippen LogP contribution >= 0.6 is 11.8 Å². The van der Waals surface area contributed by atoms with Crippen LogP contribution in [-0.4, -0.2) is 15.8 Å². The Morgan fingerprint density at radius 3 is 2.87 bits per heavy atom. The van der Waals surface area contributed by atoms with E-state index in [1.807, 2.05) is 0 Å². The fourth-order valence-electron chi connectivity index (χ4n) is 1.89. The zero-order valence-corrected chi connectivity index (χ0v) is 10.3. The number of hydrogen-bond acceptors (Lipinski definition) is 2. The van der Waals surface area contributed by atoms with E-state index in [9.17, 15) is 0 Å². The smallest absolute Gasteiger partial charge is 0.109 e. The van der Waals surface area contributed by atoms with Gasteiger partial charge in [-0.05, 0) is 24.8 Å². The van der Waals surface area contributed by atoms with E-state index in [0.717, 1.165) is 18.4 Å². The average Bonchev–Trinajstić information content (AvgIpc) is 2.57. The third kappa shape index (κ3) is 1.76. The molecule has 3 heteroatoms. The van der Waals surface area contributed by atoms with Gasteiger partial charge in [0.25, 0.3) is 0 Å². The molecule has 2 nitrogen and oxygen atoms in total. The number of thioether (sulfide) groups is 1. The van der Waals surface area contributed by atoms with Crippen molar-refractivity contribution in [2.75, 3.05) is 6.26 Å². The maximum Gasteiger partial charge on any atom is 0.109 e. The summed E-state index contributed by atoms with van der Waals surface area (Å²) in [6, 6.07) is 6.33. The maximum absolute atomic E-state index is 4.66. The van der Waals surface area contributed by atoms with Gasteiger partial charge < -0.3 is 4.57 Å². The summed E-state index contributed by atoms with van der Waals surface area (Å²) < 4.78 is 2.23. The molecular formula is C12H16N2S. The second-order valence-corrected chi connectivity index (χ2v) is 4.51. The molecule has 0 N–H and O–H groups in total. The third-order valence-corrected chi connectivity index (χ3v) is 3.41. The molecule has 1 aromatic heterocycles. The predicted octanol–water partition coefficient (Wildman–Crippen LogP) is 3.25. The fourth-order valence-corrected chi connectivity index (χ4v) is 2.54. The van der Waals surface area contributed by atoms with Crippen LogP contribution in [0.25, 0.3) is 11.0 Å². The van der Waals surface area contributed by atoms with E-state index < -0.39 is 0 Å². The monoisotopic (exact) mass is 220 g/mol. The molecule has 0 amide bonds. The van der Waals surface area contributed by atoms with Crippen molar-refractivity contribution in [3.63, 3.8) is 0 Å². The van der Waals surface area contributed by atoms with E-state index in [-0.39, 0.29) is 0 Å². The third-order valence-electron chi connectivity index (χ3n) is 2.64. The lowest BCUT2D eigenvalue weighted by molar-refractivity contribution is 0.770. The van der Waals surface area contributed by atoms with Crippen LogP contribution in [0.3, 0.4) is 0 Å². The predicted molar refractivity (Wildman–Crippen MR) is 66.5 cm³/mol. The van der Waals surface area contributed by atoms with Gasteiger partial charge in [-0.3, -0.25) is 0 Å². The highest BCUT2D eigenvalue weighted by molar-refractivity contribution is 7.98. The summed E-state index contributed by atoms with van der Waals surface area (Å²) in [5.41, 5.74) is 2.39. The van der Waals surface area contributed by atoms with Gasteiger partial charge in [0.15, 0.2) is 0 Å². The summed E-state index contributed by atoms with van der Waals surface area (Å²) in [6.07, 6.45) is 4.31. The molecule has 1 heterocycles. The zero-order chi connectivity index (χ0) is 10.8. The summed E-state index contributed by atoms with van der Waals surface area (Å²) in [4.78, 5) is 5.97. The van der Waals surface area contributed by atoms with E-state index in [0.29, 0.717) is 0 Å². The molecule has 1 aromatic carbocycles. The number of fused-ring (bicyclic) bond motifs is 1. The Balaban J connectivity index is 2.65. The molecule has 0 saturated carbocycles. The van der Waals surface area contributed by atoms with E-state index in [1.165, 1.54) is 16.2 Å². The number of aryl methyl sites for hydroxylation is 2. The Labute approximate surface area is 94.7 Å². The molecule has 2 rings (SSSR count). The minimum Gasteiger partial charge on any atom is -0.330 e. The average molecular weight is 220 g/mol. The SMILES string of the molecule is CCCc1nc2cccc(SC)c2n1C. The lowest BCUT2D eigenvalue weighted by atomic mass is 10.3. The van der Waals surface area contributed by atoms with Crippen molar-refractivity contribution in [2.45, 2.75) is 24.7 Å². The molecule has 0 saturated heterocycles. The minimum atomic E-state index is 1.05. The first kappa shape index (κ1) is 10.6. The normalized spacial score (nSPS) is 11.1. The Kier molecular flexibility index (Phi) is 3.00. The Morgan fingerprint density at radius 2 is 2.20 bits per heavy atom. The summed E-state index contributed by atoms with van der Waals surface area (Å²) in [5.74, 6) is 1.19. The van der Waals surface area contributed by atoms with Crippen LogP contribution in [0.4, 0.5) is 0 Å². The largest absolute Gasteiger partial charge is 0.330 e. The number of hydrogen-bond donors (Lipinski definition) is 0. The van der Waals surface area contributed by atoms with Crippen molar-refractivity contribution in [1.29, 1.82) is 0 Å². The number of benzene rings is 1. The van der Waals surface area contributed by atoms with Crippen LogP contribution in [0.1, 0.15) is 19.2 Å². The van der Waals surface area contributed by atoms with Gasteiger partial charge >= 0.3 is 0 Å². The van der Waals surface area contributed by atoms with Crippen LogP contribution in [0, 0.1) is 0 Å². The molecule has 15 heavy (non-hydrogen) atoms. The second kappa shape index (κ2) is 4.27. The molecule has 0 aliphatic rings. The van der Waals surface area contributed by atoms with Gasteiger partial charge in [0.2, 0.25) is 0 Å². The molecular weight excluding hydrogens is 204 g/mol. The lowest BCUT2D eigenvalue weighted by Gasteiger charge is -2.03. The van der Waals surface area contributed by atoms with Gasteiger partial charge in [0.1, 0.15) is 5.82 Å². The van der Waals surface area contributed by atoms with Crippen molar-refractivity contribution in [3.05, 3.63) is 24.0 Å². The molecule has 0 aliphatic heterocycles.